The third-order valence-electron chi connectivity index (χ3n) is 2.72. The van der Waals surface area contributed by atoms with Gasteiger partial charge in [0.2, 0.25) is 0 Å². The van der Waals surface area contributed by atoms with Crippen molar-refractivity contribution in [1.29, 1.82) is 0 Å². The Hall–Kier alpha value is -2.51. The number of rotatable bonds is 6. The van der Waals surface area contributed by atoms with Gasteiger partial charge in [-0.1, -0.05) is 11.6 Å². The maximum Gasteiger partial charge on any atom is 0.269 e. The zero-order valence-electron chi connectivity index (χ0n) is 11.4. The van der Waals surface area contributed by atoms with Crippen LogP contribution < -0.4 is 5.32 Å². The average Bonchev–Trinajstić information content (AvgIpc) is 2.52. The van der Waals surface area contributed by atoms with Crippen molar-refractivity contribution in [2.75, 3.05) is 18.5 Å². The molecule has 0 aliphatic heterocycles. The molecule has 8 heteroatoms. The van der Waals surface area contributed by atoms with Crippen molar-refractivity contribution in [2.45, 2.75) is 0 Å². The number of nitrogens with zero attached hydrogens (tertiary/aromatic N) is 3. The minimum atomic E-state index is -0.473. The lowest BCUT2D eigenvalue weighted by Crippen LogP contribution is -2.05. The molecule has 0 amide bonds. The molecule has 2 aromatic carbocycles. The standard InChI is InChI=1S/C14H13ClN4O3/c15-13-9-11(3-6-14(13)16-7-8-20)18-17-10-1-4-12(5-2-10)19(21)22/h1-6,9,16,20H,7-8H2/b18-17+. The number of non-ortho nitro benzene ring substituents is 1. The Balaban J connectivity index is 2.09. The van der Waals surface area contributed by atoms with E-state index in [1.807, 2.05) is 0 Å². The van der Waals surface area contributed by atoms with Crippen LogP contribution in [0.3, 0.4) is 0 Å². The minimum absolute atomic E-state index is 0.00121. The molecular formula is C14H13ClN4O3. The van der Waals surface area contributed by atoms with Gasteiger partial charge >= 0.3 is 0 Å². The second-order valence-corrected chi connectivity index (χ2v) is 4.70. The summed E-state index contributed by atoms with van der Waals surface area (Å²) in [7, 11) is 0. The summed E-state index contributed by atoms with van der Waals surface area (Å²) in [5.74, 6) is 0. The van der Waals surface area contributed by atoms with Crippen LogP contribution in [0.15, 0.2) is 52.7 Å². The molecule has 2 rings (SSSR count). The van der Waals surface area contributed by atoms with Crippen LogP contribution in [-0.4, -0.2) is 23.2 Å². The Bertz CT molecular complexity index is 689. The van der Waals surface area contributed by atoms with Gasteiger partial charge < -0.3 is 10.4 Å². The first-order valence-corrected chi connectivity index (χ1v) is 6.78. The minimum Gasteiger partial charge on any atom is -0.395 e. The largest absolute Gasteiger partial charge is 0.395 e. The van der Waals surface area contributed by atoms with Crippen molar-refractivity contribution >= 4 is 34.4 Å². The number of nitrogens with one attached hydrogen (secondary N) is 1. The molecule has 0 fully saturated rings. The Labute approximate surface area is 131 Å². The summed E-state index contributed by atoms with van der Waals surface area (Å²) in [6.07, 6.45) is 0. The van der Waals surface area contributed by atoms with Crippen LogP contribution in [0.1, 0.15) is 0 Å². The molecule has 22 heavy (non-hydrogen) atoms. The molecule has 0 aliphatic rings. The molecule has 0 heterocycles. The molecule has 0 aromatic heterocycles. The highest BCUT2D eigenvalue weighted by Crippen LogP contribution is 2.28. The topological polar surface area (TPSA) is 100 Å². The van der Waals surface area contributed by atoms with Crippen LogP contribution in [0.25, 0.3) is 0 Å². The molecule has 0 aliphatic carbocycles. The van der Waals surface area contributed by atoms with Gasteiger partial charge in [-0.15, -0.1) is 0 Å². The van der Waals surface area contributed by atoms with Crippen LogP contribution in [-0.2, 0) is 0 Å². The highest BCUT2D eigenvalue weighted by molar-refractivity contribution is 6.33. The van der Waals surface area contributed by atoms with Gasteiger partial charge in [-0.3, -0.25) is 10.1 Å². The summed E-state index contributed by atoms with van der Waals surface area (Å²) >= 11 is 6.08. The number of aliphatic hydroxyl groups is 1. The number of nitro benzene ring substituents is 1. The van der Waals surface area contributed by atoms with Gasteiger partial charge in [0, 0.05) is 18.7 Å². The summed E-state index contributed by atoms with van der Waals surface area (Å²) in [6.45, 7) is 0.418. The van der Waals surface area contributed by atoms with Crippen LogP contribution in [0.2, 0.25) is 5.02 Å². The highest BCUT2D eigenvalue weighted by atomic mass is 35.5. The van der Waals surface area contributed by atoms with Crippen molar-refractivity contribution in [3.8, 4) is 0 Å². The molecule has 0 spiro atoms. The fourth-order valence-electron chi connectivity index (χ4n) is 1.66. The quantitative estimate of drug-likeness (QED) is 0.476. The molecular weight excluding hydrogens is 308 g/mol. The van der Waals surface area contributed by atoms with E-state index in [4.69, 9.17) is 16.7 Å². The molecule has 0 saturated heterocycles. The lowest BCUT2D eigenvalue weighted by molar-refractivity contribution is -0.384. The van der Waals surface area contributed by atoms with E-state index in [-0.39, 0.29) is 12.3 Å². The van der Waals surface area contributed by atoms with Gasteiger partial charge in [0.25, 0.3) is 5.69 Å². The number of benzene rings is 2. The number of azo groups is 1. The van der Waals surface area contributed by atoms with Gasteiger partial charge in [0.15, 0.2) is 0 Å². The lowest BCUT2D eigenvalue weighted by atomic mass is 10.3. The van der Waals surface area contributed by atoms with Gasteiger partial charge in [0.1, 0.15) is 0 Å². The molecule has 0 saturated carbocycles. The lowest BCUT2D eigenvalue weighted by Gasteiger charge is -2.06. The number of nitro groups is 1. The summed E-state index contributed by atoms with van der Waals surface area (Å²) < 4.78 is 0. The number of aliphatic hydroxyl groups excluding tert-OH is 1. The number of halogens is 1. The summed E-state index contributed by atoms with van der Waals surface area (Å²) in [5, 5.41) is 30.8. The Morgan fingerprint density at radius 1 is 1.14 bits per heavy atom. The molecule has 2 N–H and O–H groups in total. The van der Waals surface area contributed by atoms with Gasteiger partial charge in [-0.2, -0.15) is 10.2 Å². The summed E-state index contributed by atoms with van der Waals surface area (Å²) in [4.78, 5) is 10.1. The molecule has 0 radical (unpaired) electrons. The van der Waals surface area contributed by atoms with E-state index in [2.05, 4.69) is 15.5 Å². The third kappa shape index (κ3) is 4.24. The van der Waals surface area contributed by atoms with E-state index >= 15 is 0 Å². The van der Waals surface area contributed by atoms with Crippen molar-refractivity contribution in [3.63, 3.8) is 0 Å². The molecule has 114 valence electrons. The molecule has 2 aromatic rings. The van der Waals surface area contributed by atoms with Crippen LogP contribution >= 0.6 is 11.6 Å². The normalized spacial score (nSPS) is 10.8. The average molecular weight is 321 g/mol. The molecule has 0 unspecified atom stereocenters. The van der Waals surface area contributed by atoms with Crippen LogP contribution in [0.5, 0.6) is 0 Å². The number of hydrogen-bond donors (Lipinski definition) is 2. The smallest absolute Gasteiger partial charge is 0.269 e. The van der Waals surface area contributed by atoms with E-state index < -0.39 is 4.92 Å². The first kappa shape index (κ1) is 15.9. The van der Waals surface area contributed by atoms with Gasteiger partial charge in [-0.05, 0) is 30.3 Å². The SMILES string of the molecule is O=[N+]([O-])c1ccc(/N=N/c2ccc(NCCO)c(Cl)c2)cc1. The summed E-state index contributed by atoms with van der Waals surface area (Å²) in [6, 6.07) is 10.9. The first-order valence-electron chi connectivity index (χ1n) is 6.40. The predicted molar refractivity (Wildman–Crippen MR) is 84.3 cm³/mol. The fraction of sp³-hybridized carbons (Fsp3) is 0.143. The summed E-state index contributed by atoms with van der Waals surface area (Å²) in [5.41, 5.74) is 1.76. The Morgan fingerprint density at radius 2 is 1.77 bits per heavy atom. The maximum atomic E-state index is 10.6. The Morgan fingerprint density at radius 3 is 2.36 bits per heavy atom. The van der Waals surface area contributed by atoms with Gasteiger partial charge in [-0.25, -0.2) is 0 Å². The van der Waals surface area contributed by atoms with Crippen molar-refractivity contribution < 1.29 is 10.0 Å². The van der Waals surface area contributed by atoms with E-state index in [1.165, 1.54) is 24.3 Å². The van der Waals surface area contributed by atoms with E-state index in [9.17, 15) is 10.1 Å². The predicted octanol–water partition coefficient (Wildman–Crippen LogP) is 4.07. The van der Waals surface area contributed by atoms with Crippen LogP contribution in [0, 0.1) is 10.1 Å². The van der Waals surface area contributed by atoms with Crippen molar-refractivity contribution in [2.24, 2.45) is 10.2 Å². The van der Waals surface area contributed by atoms with Gasteiger partial charge in [0.05, 0.1) is 33.6 Å². The second-order valence-electron chi connectivity index (χ2n) is 4.29. The zero-order valence-corrected chi connectivity index (χ0v) is 12.2. The third-order valence-corrected chi connectivity index (χ3v) is 3.03. The maximum absolute atomic E-state index is 10.6. The van der Waals surface area contributed by atoms with Crippen molar-refractivity contribution in [3.05, 3.63) is 57.6 Å². The van der Waals surface area contributed by atoms with Crippen molar-refractivity contribution in [1.82, 2.24) is 0 Å². The zero-order chi connectivity index (χ0) is 15.9. The molecule has 7 nitrogen and oxygen atoms in total. The van der Waals surface area contributed by atoms with E-state index in [0.717, 1.165) is 0 Å². The fourth-order valence-corrected chi connectivity index (χ4v) is 1.90. The monoisotopic (exact) mass is 320 g/mol. The molecule has 0 bridgehead atoms. The first-order chi connectivity index (χ1) is 10.6. The number of hydrogen-bond acceptors (Lipinski definition) is 6. The van der Waals surface area contributed by atoms with Crippen LogP contribution in [0.4, 0.5) is 22.7 Å². The highest BCUT2D eigenvalue weighted by Gasteiger charge is 2.04. The Kier molecular flexibility index (Phi) is 5.40. The van der Waals surface area contributed by atoms with E-state index in [1.54, 1.807) is 18.2 Å². The second kappa shape index (κ2) is 7.48. The molecule has 0 atom stereocenters. The van der Waals surface area contributed by atoms with E-state index in [0.29, 0.717) is 28.6 Å². The number of anilines is 1.